The summed E-state index contributed by atoms with van der Waals surface area (Å²) in [5, 5.41) is 12.8. The zero-order valence-corrected chi connectivity index (χ0v) is 11.2. The second-order valence-corrected chi connectivity index (χ2v) is 5.09. The van der Waals surface area contributed by atoms with Gasteiger partial charge in [-0.15, -0.1) is 0 Å². The zero-order valence-electron chi connectivity index (χ0n) is 11.2. The van der Waals surface area contributed by atoms with Gasteiger partial charge >= 0.3 is 0 Å². The highest BCUT2D eigenvalue weighted by atomic mass is 16.3. The van der Waals surface area contributed by atoms with Crippen LogP contribution < -0.4 is 5.32 Å². The van der Waals surface area contributed by atoms with E-state index in [2.05, 4.69) is 41.4 Å². The second kappa shape index (κ2) is 6.88. The molecule has 0 radical (unpaired) electrons. The van der Waals surface area contributed by atoms with Gasteiger partial charge in [0.1, 0.15) is 0 Å². The van der Waals surface area contributed by atoms with Crippen molar-refractivity contribution in [2.45, 2.75) is 32.4 Å². The summed E-state index contributed by atoms with van der Waals surface area (Å²) in [6, 6.07) is 8.88. The number of hydrogen-bond donors (Lipinski definition) is 2. The van der Waals surface area contributed by atoms with Crippen LogP contribution in [0.4, 0.5) is 0 Å². The number of fused-ring (bicyclic) bond motifs is 1. The molecule has 0 saturated carbocycles. The van der Waals surface area contributed by atoms with Crippen LogP contribution in [-0.2, 0) is 13.0 Å². The van der Waals surface area contributed by atoms with Gasteiger partial charge < -0.3 is 10.4 Å². The number of nitrogens with zero attached hydrogens (tertiary/aromatic N) is 1. The molecule has 1 aromatic rings. The monoisotopic (exact) mass is 248 g/mol. The molecule has 1 aliphatic heterocycles. The molecule has 1 aromatic carbocycles. The largest absolute Gasteiger partial charge is 0.395 e. The summed E-state index contributed by atoms with van der Waals surface area (Å²) < 4.78 is 0. The quantitative estimate of drug-likeness (QED) is 0.799. The first-order valence-electron chi connectivity index (χ1n) is 6.97. The summed E-state index contributed by atoms with van der Waals surface area (Å²) in [5.74, 6) is 0. The fourth-order valence-electron chi connectivity index (χ4n) is 2.56. The summed E-state index contributed by atoms with van der Waals surface area (Å²) in [6.45, 7) is 6.40. The first-order chi connectivity index (χ1) is 8.83. The topological polar surface area (TPSA) is 35.5 Å². The number of rotatable bonds is 6. The molecule has 2 N–H and O–H groups in total. The zero-order chi connectivity index (χ0) is 12.8. The van der Waals surface area contributed by atoms with Crippen molar-refractivity contribution in [2.75, 3.05) is 26.2 Å². The lowest BCUT2D eigenvalue weighted by molar-refractivity contribution is 0.172. The molecule has 100 valence electrons. The number of nitrogens with one attached hydrogen (secondary N) is 1. The van der Waals surface area contributed by atoms with E-state index in [0.29, 0.717) is 0 Å². The van der Waals surface area contributed by atoms with Crippen molar-refractivity contribution in [3.8, 4) is 0 Å². The van der Waals surface area contributed by atoms with Gasteiger partial charge in [-0.05, 0) is 30.5 Å². The summed E-state index contributed by atoms with van der Waals surface area (Å²) >= 11 is 0. The molecule has 0 saturated heterocycles. The SMILES string of the molecule is CCCNC(CO)CN1CCc2ccccc2C1. The van der Waals surface area contributed by atoms with Crippen molar-refractivity contribution in [3.63, 3.8) is 0 Å². The Bertz CT molecular complexity index is 367. The van der Waals surface area contributed by atoms with Crippen LogP contribution in [0, 0.1) is 0 Å². The molecule has 0 aromatic heterocycles. The van der Waals surface area contributed by atoms with Crippen molar-refractivity contribution < 1.29 is 5.11 Å². The van der Waals surface area contributed by atoms with Crippen molar-refractivity contribution in [2.24, 2.45) is 0 Å². The van der Waals surface area contributed by atoms with Gasteiger partial charge in [0.15, 0.2) is 0 Å². The Morgan fingerprint density at radius 2 is 2.11 bits per heavy atom. The van der Waals surface area contributed by atoms with Crippen LogP contribution >= 0.6 is 0 Å². The average Bonchev–Trinajstić information content (AvgIpc) is 2.43. The number of aliphatic hydroxyl groups excluding tert-OH is 1. The van der Waals surface area contributed by atoms with Gasteiger partial charge in [-0.3, -0.25) is 4.90 Å². The minimum atomic E-state index is 0.204. The van der Waals surface area contributed by atoms with E-state index in [4.69, 9.17) is 0 Å². The number of aliphatic hydroxyl groups is 1. The molecule has 3 nitrogen and oxygen atoms in total. The molecule has 1 unspecified atom stereocenters. The van der Waals surface area contributed by atoms with Gasteiger partial charge in [0.2, 0.25) is 0 Å². The van der Waals surface area contributed by atoms with Gasteiger partial charge in [-0.1, -0.05) is 31.2 Å². The molecule has 18 heavy (non-hydrogen) atoms. The summed E-state index contributed by atoms with van der Waals surface area (Å²) in [4.78, 5) is 2.44. The molecule has 0 fully saturated rings. The third-order valence-electron chi connectivity index (χ3n) is 3.59. The predicted molar refractivity (Wildman–Crippen MR) is 74.6 cm³/mol. The molecular weight excluding hydrogens is 224 g/mol. The van der Waals surface area contributed by atoms with Crippen LogP contribution in [0.15, 0.2) is 24.3 Å². The first-order valence-corrected chi connectivity index (χ1v) is 6.97. The van der Waals surface area contributed by atoms with E-state index in [-0.39, 0.29) is 12.6 Å². The Kier molecular flexibility index (Phi) is 5.17. The average molecular weight is 248 g/mol. The third kappa shape index (κ3) is 3.55. The lowest BCUT2D eigenvalue weighted by Crippen LogP contribution is -2.45. The van der Waals surface area contributed by atoms with Crippen LogP contribution in [0.5, 0.6) is 0 Å². The maximum absolute atomic E-state index is 9.39. The fourth-order valence-corrected chi connectivity index (χ4v) is 2.56. The van der Waals surface area contributed by atoms with E-state index in [9.17, 15) is 5.11 Å². The summed E-state index contributed by atoms with van der Waals surface area (Å²) in [5.41, 5.74) is 2.92. The van der Waals surface area contributed by atoms with E-state index in [0.717, 1.165) is 39.0 Å². The molecule has 3 heteroatoms. The Hall–Kier alpha value is -0.900. The van der Waals surface area contributed by atoms with Gasteiger partial charge in [0.25, 0.3) is 0 Å². The minimum Gasteiger partial charge on any atom is -0.395 e. The second-order valence-electron chi connectivity index (χ2n) is 5.09. The molecular formula is C15H24N2O. The molecule has 1 heterocycles. The number of hydrogen-bond acceptors (Lipinski definition) is 3. The van der Waals surface area contributed by atoms with Crippen LogP contribution in [0.2, 0.25) is 0 Å². The van der Waals surface area contributed by atoms with Gasteiger partial charge in [0, 0.05) is 25.7 Å². The van der Waals surface area contributed by atoms with E-state index in [1.165, 1.54) is 11.1 Å². The van der Waals surface area contributed by atoms with Crippen LogP contribution in [0.1, 0.15) is 24.5 Å². The highest BCUT2D eigenvalue weighted by Gasteiger charge is 2.18. The standard InChI is InChI=1S/C15H24N2O/c1-2-8-16-15(12-18)11-17-9-7-13-5-3-4-6-14(13)10-17/h3-6,15-16,18H,2,7-12H2,1H3. The first kappa shape index (κ1) is 13.5. The van der Waals surface area contributed by atoms with Crippen molar-refractivity contribution in [3.05, 3.63) is 35.4 Å². The Morgan fingerprint density at radius 3 is 2.83 bits per heavy atom. The fraction of sp³-hybridized carbons (Fsp3) is 0.600. The maximum Gasteiger partial charge on any atom is 0.0597 e. The van der Waals surface area contributed by atoms with Crippen molar-refractivity contribution >= 4 is 0 Å². The van der Waals surface area contributed by atoms with E-state index < -0.39 is 0 Å². The van der Waals surface area contributed by atoms with Crippen LogP contribution in [0.25, 0.3) is 0 Å². The Morgan fingerprint density at radius 1 is 1.33 bits per heavy atom. The molecule has 0 bridgehead atoms. The van der Waals surface area contributed by atoms with Gasteiger partial charge in [0.05, 0.1) is 6.61 Å². The molecule has 1 aliphatic rings. The van der Waals surface area contributed by atoms with Crippen molar-refractivity contribution in [1.29, 1.82) is 0 Å². The number of benzene rings is 1. The highest BCUT2D eigenvalue weighted by molar-refractivity contribution is 5.29. The van der Waals surface area contributed by atoms with Gasteiger partial charge in [-0.2, -0.15) is 0 Å². The molecule has 1 atom stereocenters. The normalized spacial score (nSPS) is 17.4. The third-order valence-corrected chi connectivity index (χ3v) is 3.59. The Labute approximate surface area is 110 Å². The molecule has 0 amide bonds. The lowest BCUT2D eigenvalue weighted by atomic mass is 9.99. The molecule has 0 aliphatic carbocycles. The summed E-state index contributed by atoms with van der Waals surface area (Å²) in [6.07, 6.45) is 2.24. The lowest BCUT2D eigenvalue weighted by Gasteiger charge is -2.31. The predicted octanol–water partition coefficient (Wildman–Crippen LogP) is 1.41. The van der Waals surface area contributed by atoms with Crippen LogP contribution in [0.3, 0.4) is 0 Å². The highest BCUT2D eigenvalue weighted by Crippen LogP contribution is 2.18. The smallest absolute Gasteiger partial charge is 0.0597 e. The molecule has 0 spiro atoms. The van der Waals surface area contributed by atoms with Gasteiger partial charge in [-0.25, -0.2) is 0 Å². The minimum absolute atomic E-state index is 0.204. The van der Waals surface area contributed by atoms with E-state index in [1.54, 1.807) is 0 Å². The maximum atomic E-state index is 9.39. The van der Waals surface area contributed by atoms with E-state index in [1.807, 2.05) is 0 Å². The molecule has 2 rings (SSSR count). The Balaban J connectivity index is 1.88. The van der Waals surface area contributed by atoms with Crippen LogP contribution in [-0.4, -0.2) is 42.3 Å². The van der Waals surface area contributed by atoms with E-state index >= 15 is 0 Å². The summed E-state index contributed by atoms with van der Waals surface area (Å²) in [7, 11) is 0. The van der Waals surface area contributed by atoms with Crippen molar-refractivity contribution in [1.82, 2.24) is 10.2 Å².